The van der Waals surface area contributed by atoms with E-state index in [0.717, 1.165) is 19.4 Å². The van der Waals surface area contributed by atoms with Gasteiger partial charge in [-0.1, -0.05) is 12.1 Å². The number of fused-ring (bicyclic) bond motifs is 3. The van der Waals surface area contributed by atoms with Crippen LogP contribution in [0.2, 0.25) is 0 Å². The molecule has 1 unspecified atom stereocenters. The molecule has 2 aromatic rings. The lowest BCUT2D eigenvalue weighted by Gasteiger charge is -2.22. The van der Waals surface area contributed by atoms with Crippen LogP contribution in [0.3, 0.4) is 0 Å². The van der Waals surface area contributed by atoms with Crippen molar-refractivity contribution in [3.05, 3.63) is 34.4 Å². The largest absolute Gasteiger partial charge is 0.342 e. The van der Waals surface area contributed by atoms with Gasteiger partial charge in [-0.05, 0) is 40.9 Å². The molecule has 15 heavy (non-hydrogen) atoms. The molecule has 78 valence electrons. The second kappa shape index (κ2) is 3.35. The Hall–Kier alpha value is -0.800. The quantitative estimate of drug-likeness (QED) is 0.780. The molecule has 0 amide bonds. The fourth-order valence-electron chi connectivity index (χ4n) is 2.41. The van der Waals surface area contributed by atoms with Crippen molar-refractivity contribution in [3.8, 4) is 0 Å². The summed E-state index contributed by atoms with van der Waals surface area (Å²) >= 11 is 3.61. The van der Waals surface area contributed by atoms with Crippen molar-refractivity contribution in [2.75, 3.05) is 0 Å². The molecule has 1 atom stereocenters. The van der Waals surface area contributed by atoms with Crippen LogP contribution in [-0.2, 0) is 13.0 Å². The average Bonchev–Trinajstić information content (AvgIpc) is 2.57. The van der Waals surface area contributed by atoms with Gasteiger partial charge in [0.25, 0.3) is 0 Å². The Kier molecular flexibility index (Phi) is 2.11. The van der Waals surface area contributed by atoms with Crippen LogP contribution >= 0.6 is 15.9 Å². The molecule has 0 saturated carbocycles. The Labute approximate surface area is 97.2 Å². The topological polar surface area (TPSA) is 30.9 Å². The third-order valence-electron chi connectivity index (χ3n) is 3.15. The first-order valence-electron chi connectivity index (χ1n) is 5.28. The summed E-state index contributed by atoms with van der Waals surface area (Å²) in [5.41, 5.74) is 8.72. The molecular weight excluding hydrogens is 252 g/mol. The summed E-state index contributed by atoms with van der Waals surface area (Å²) in [6.07, 6.45) is 2.20. The van der Waals surface area contributed by atoms with Crippen LogP contribution in [0.1, 0.15) is 12.1 Å². The number of hydrogen-bond donors (Lipinski definition) is 1. The van der Waals surface area contributed by atoms with Gasteiger partial charge in [-0.25, -0.2) is 0 Å². The monoisotopic (exact) mass is 264 g/mol. The Morgan fingerprint density at radius 2 is 2.27 bits per heavy atom. The lowest BCUT2D eigenvalue weighted by Crippen LogP contribution is -2.31. The minimum atomic E-state index is 0.306. The van der Waals surface area contributed by atoms with Gasteiger partial charge in [0.05, 0.1) is 5.52 Å². The molecule has 3 heteroatoms. The fraction of sp³-hybridized carbons (Fsp3) is 0.333. The highest BCUT2D eigenvalue weighted by Crippen LogP contribution is 2.30. The molecule has 2 nitrogen and oxygen atoms in total. The molecule has 1 aliphatic heterocycles. The lowest BCUT2D eigenvalue weighted by atomic mass is 10.1. The van der Waals surface area contributed by atoms with Gasteiger partial charge >= 0.3 is 0 Å². The van der Waals surface area contributed by atoms with E-state index in [2.05, 4.69) is 44.8 Å². The first-order chi connectivity index (χ1) is 7.25. The van der Waals surface area contributed by atoms with Crippen molar-refractivity contribution in [1.29, 1.82) is 0 Å². The number of aromatic nitrogens is 1. The highest BCUT2D eigenvalue weighted by Gasteiger charge is 2.18. The summed E-state index contributed by atoms with van der Waals surface area (Å²) in [6, 6.07) is 8.93. The molecule has 1 aliphatic rings. The molecule has 0 saturated heterocycles. The highest BCUT2D eigenvalue weighted by atomic mass is 79.9. The van der Waals surface area contributed by atoms with E-state index in [1.807, 2.05) is 0 Å². The molecule has 2 heterocycles. The van der Waals surface area contributed by atoms with E-state index in [1.54, 1.807) is 0 Å². The van der Waals surface area contributed by atoms with Crippen molar-refractivity contribution >= 4 is 26.8 Å². The van der Waals surface area contributed by atoms with Gasteiger partial charge in [-0.15, -0.1) is 0 Å². The Morgan fingerprint density at radius 3 is 3.13 bits per heavy atom. The van der Waals surface area contributed by atoms with Crippen molar-refractivity contribution < 1.29 is 0 Å². The van der Waals surface area contributed by atoms with E-state index < -0.39 is 0 Å². The molecule has 0 spiro atoms. The van der Waals surface area contributed by atoms with E-state index in [0.29, 0.717) is 6.04 Å². The predicted molar refractivity (Wildman–Crippen MR) is 65.9 cm³/mol. The second-order valence-electron chi connectivity index (χ2n) is 4.22. The SMILES string of the molecule is NC1CCc2cc3cccc(Br)c3n2C1. The van der Waals surface area contributed by atoms with E-state index in [-0.39, 0.29) is 0 Å². The van der Waals surface area contributed by atoms with Crippen molar-refractivity contribution in [3.63, 3.8) is 0 Å². The smallest absolute Gasteiger partial charge is 0.0627 e. The van der Waals surface area contributed by atoms with Crippen molar-refractivity contribution in [2.24, 2.45) is 5.73 Å². The molecule has 0 bridgehead atoms. The van der Waals surface area contributed by atoms with Crippen LogP contribution in [0.15, 0.2) is 28.7 Å². The zero-order valence-electron chi connectivity index (χ0n) is 8.41. The van der Waals surface area contributed by atoms with Gasteiger partial charge in [0.1, 0.15) is 0 Å². The van der Waals surface area contributed by atoms with Crippen LogP contribution < -0.4 is 5.73 Å². The fourth-order valence-corrected chi connectivity index (χ4v) is 3.00. The van der Waals surface area contributed by atoms with Gasteiger partial charge in [-0.3, -0.25) is 0 Å². The Balaban J connectivity index is 2.30. The van der Waals surface area contributed by atoms with Gasteiger partial charge < -0.3 is 10.3 Å². The van der Waals surface area contributed by atoms with Gasteiger partial charge in [-0.2, -0.15) is 0 Å². The summed E-state index contributed by atoms with van der Waals surface area (Å²) < 4.78 is 3.52. The lowest BCUT2D eigenvalue weighted by molar-refractivity contribution is 0.469. The third-order valence-corrected chi connectivity index (χ3v) is 3.78. The van der Waals surface area contributed by atoms with Gasteiger partial charge in [0.15, 0.2) is 0 Å². The van der Waals surface area contributed by atoms with E-state index in [1.165, 1.54) is 21.1 Å². The van der Waals surface area contributed by atoms with E-state index >= 15 is 0 Å². The van der Waals surface area contributed by atoms with Crippen LogP contribution in [0.25, 0.3) is 10.9 Å². The molecule has 0 fully saturated rings. The Morgan fingerprint density at radius 1 is 1.40 bits per heavy atom. The van der Waals surface area contributed by atoms with Crippen LogP contribution in [0.5, 0.6) is 0 Å². The number of nitrogens with two attached hydrogens (primary N) is 1. The summed E-state index contributed by atoms with van der Waals surface area (Å²) in [5.74, 6) is 0. The number of benzene rings is 1. The first kappa shape index (κ1) is 9.43. The molecule has 0 aliphatic carbocycles. The number of halogens is 1. The summed E-state index contributed by atoms with van der Waals surface area (Å²) in [5, 5.41) is 1.31. The number of aryl methyl sites for hydroxylation is 1. The maximum absolute atomic E-state index is 6.01. The molecule has 1 aromatic carbocycles. The van der Waals surface area contributed by atoms with Gasteiger partial charge in [0.2, 0.25) is 0 Å². The molecular formula is C12H13BrN2. The summed E-state index contributed by atoms with van der Waals surface area (Å²) in [7, 11) is 0. The van der Waals surface area contributed by atoms with Crippen LogP contribution in [0, 0.1) is 0 Å². The molecule has 1 aromatic heterocycles. The van der Waals surface area contributed by atoms with Gasteiger partial charge in [0, 0.05) is 28.1 Å². The molecule has 0 radical (unpaired) electrons. The summed E-state index contributed by atoms with van der Waals surface area (Å²) in [4.78, 5) is 0. The highest BCUT2D eigenvalue weighted by molar-refractivity contribution is 9.10. The second-order valence-corrected chi connectivity index (χ2v) is 5.08. The zero-order valence-corrected chi connectivity index (χ0v) is 10.00. The average molecular weight is 265 g/mol. The normalized spacial score (nSPS) is 20.5. The van der Waals surface area contributed by atoms with Crippen molar-refractivity contribution in [2.45, 2.75) is 25.4 Å². The number of nitrogens with zero attached hydrogens (tertiary/aromatic N) is 1. The van der Waals surface area contributed by atoms with Crippen molar-refractivity contribution in [1.82, 2.24) is 4.57 Å². The number of rotatable bonds is 0. The maximum atomic E-state index is 6.01. The predicted octanol–water partition coefficient (Wildman–Crippen LogP) is 2.68. The maximum Gasteiger partial charge on any atom is 0.0627 e. The van der Waals surface area contributed by atoms with Crippen LogP contribution in [0.4, 0.5) is 0 Å². The number of hydrogen-bond acceptors (Lipinski definition) is 1. The zero-order chi connectivity index (χ0) is 10.4. The first-order valence-corrected chi connectivity index (χ1v) is 6.07. The Bertz CT molecular complexity index is 516. The molecule has 2 N–H and O–H groups in total. The van der Waals surface area contributed by atoms with E-state index in [4.69, 9.17) is 5.73 Å². The third kappa shape index (κ3) is 1.42. The standard InChI is InChI=1S/C12H13BrN2/c13-11-3-1-2-8-6-10-5-4-9(14)7-15(10)12(8)11/h1-3,6,9H,4-5,7,14H2. The van der Waals surface area contributed by atoms with Crippen LogP contribution in [-0.4, -0.2) is 10.6 Å². The minimum absolute atomic E-state index is 0.306. The number of para-hydroxylation sites is 1. The summed E-state index contributed by atoms with van der Waals surface area (Å²) in [6.45, 7) is 0.946. The molecule has 3 rings (SSSR count). The minimum Gasteiger partial charge on any atom is -0.342 e. The van der Waals surface area contributed by atoms with E-state index in [9.17, 15) is 0 Å².